The van der Waals surface area contributed by atoms with Crippen molar-refractivity contribution in [3.8, 4) is 18.1 Å². The van der Waals surface area contributed by atoms with E-state index in [1.807, 2.05) is 6.92 Å². The van der Waals surface area contributed by atoms with Crippen molar-refractivity contribution in [2.24, 2.45) is 5.92 Å². The van der Waals surface area contributed by atoms with Crippen molar-refractivity contribution in [1.29, 1.82) is 0 Å². The number of hydrogen-bond donors (Lipinski definition) is 2. The summed E-state index contributed by atoms with van der Waals surface area (Å²) in [4.78, 5) is 11.8. The molecule has 102 valence electrons. The molecule has 1 amide bonds. The molecule has 1 aromatic carbocycles. The summed E-state index contributed by atoms with van der Waals surface area (Å²) < 4.78 is 5.22. The predicted molar refractivity (Wildman–Crippen MR) is 74.0 cm³/mol. The zero-order valence-electron chi connectivity index (χ0n) is 11.1. The Labute approximate surface area is 113 Å². The van der Waals surface area contributed by atoms with E-state index in [0.717, 1.165) is 0 Å². The molecule has 0 radical (unpaired) electrons. The molecule has 0 saturated heterocycles. The van der Waals surface area contributed by atoms with Gasteiger partial charge in [-0.1, -0.05) is 12.8 Å². The van der Waals surface area contributed by atoms with Crippen molar-refractivity contribution in [2.75, 3.05) is 19.8 Å². The van der Waals surface area contributed by atoms with E-state index >= 15 is 0 Å². The summed E-state index contributed by atoms with van der Waals surface area (Å²) in [6.45, 7) is 2.88. The van der Waals surface area contributed by atoms with E-state index in [9.17, 15) is 4.79 Å². The standard InChI is InChI=1S/C15H19NO3/c1-3-10-19-14-6-4-13(5-7-14)15(18)16-11-12(2)8-9-17/h1,4-7,12,17H,8-11H2,2H3,(H,16,18). The SMILES string of the molecule is C#CCOc1ccc(C(=O)NCC(C)CCO)cc1. The van der Waals surface area contributed by atoms with E-state index < -0.39 is 0 Å². The van der Waals surface area contributed by atoms with Crippen molar-refractivity contribution in [3.63, 3.8) is 0 Å². The number of benzene rings is 1. The topological polar surface area (TPSA) is 58.6 Å². The number of amides is 1. The first kappa shape index (κ1) is 15.1. The van der Waals surface area contributed by atoms with E-state index in [1.54, 1.807) is 24.3 Å². The highest BCUT2D eigenvalue weighted by Gasteiger charge is 2.07. The molecular weight excluding hydrogens is 242 g/mol. The monoisotopic (exact) mass is 261 g/mol. The molecule has 0 aliphatic carbocycles. The molecule has 0 aromatic heterocycles. The summed E-state index contributed by atoms with van der Waals surface area (Å²) in [7, 11) is 0. The molecule has 0 spiro atoms. The van der Waals surface area contributed by atoms with E-state index in [2.05, 4.69) is 11.2 Å². The van der Waals surface area contributed by atoms with Gasteiger partial charge >= 0.3 is 0 Å². The van der Waals surface area contributed by atoms with Crippen LogP contribution in [0, 0.1) is 18.3 Å². The number of aliphatic hydroxyl groups is 1. The highest BCUT2D eigenvalue weighted by molar-refractivity contribution is 5.94. The molecule has 1 atom stereocenters. The lowest BCUT2D eigenvalue weighted by Gasteiger charge is -2.11. The number of terminal acetylenes is 1. The second-order valence-electron chi connectivity index (χ2n) is 4.34. The van der Waals surface area contributed by atoms with E-state index in [0.29, 0.717) is 24.3 Å². The Morgan fingerprint density at radius 1 is 1.47 bits per heavy atom. The number of ether oxygens (including phenoxy) is 1. The molecule has 0 aliphatic heterocycles. The number of aliphatic hydroxyl groups excluding tert-OH is 1. The molecular formula is C15H19NO3. The molecule has 1 aromatic rings. The summed E-state index contributed by atoms with van der Waals surface area (Å²) >= 11 is 0. The molecule has 2 N–H and O–H groups in total. The first-order valence-corrected chi connectivity index (χ1v) is 6.22. The van der Waals surface area contributed by atoms with Crippen LogP contribution in [0.1, 0.15) is 23.7 Å². The Morgan fingerprint density at radius 2 is 2.16 bits per heavy atom. The van der Waals surface area contributed by atoms with Crippen LogP contribution in [0.4, 0.5) is 0 Å². The van der Waals surface area contributed by atoms with Gasteiger partial charge in [-0.05, 0) is 36.6 Å². The third kappa shape index (κ3) is 5.45. The number of nitrogens with one attached hydrogen (secondary N) is 1. The summed E-state index contributed by atoms with van der Waals surface area (Å²) in [5, 5.41) is 11.6. The molecule has 1 unspecified atom stereocenters. The zero-order valence-corrected chi connectivity index (χ0v) is 11.1. The van der Waals surface area contributed by atoms with Crippen molar-refractivity contribution in [3.05, 3.63) is 29.8 Å². The summed E-state index contributed by atoms with van der Waals surface area (Å²) in [6.07, 6.45) is 5.77. The van der Waals surface area contributed by atoms with Crippen LogP contribution in [0.2, 0.25) is 0 Å². The predicted octanol–water partition coefficient (Wildman–Crippen LogP) is 1.45. The van der Waals surface area contributed by atoms with Gasteiger partial charge in [-0.25, -0.2) is 0 Å². The maximum absolute atomic E-state index is 11.8. The van der Waals surface area contributed by atoms with Gasteiger partial charge in [0.05, 0.1) is 0 Å². The zero-order chi connectivity index (χ0) is 14.1. The third-order valence-electron chi connectivity index (χ3n) is 2.67. The normalized spacial score (nSPS) is 11.4. The Morgan fingerprint density at radius 3 is 2.74 bits per heavy atom. The molecule has 4 heteroatoms. The molecule has 19 heavy (non-hydrogen) atoms. The largest absolute Gasteiger partial charge is 0.481 e. The Balaban J connectivity index is 2.46. The molecule has 0 aliphatic rings. The van der Waals surface area contributed by atoms with Gasteiger partial charge in [-0.2, -0.15) is 0 Å². The quantitative estimate of drug-likeness (QED) is 0.730. The summed E-state index contributed by atoms with van der Waals surface area (Å²) in [5.74, 6) is 3.14. The Hall–Kier alpha value is -1.99. The fourth-order valence-electron chi connectivity index (χ4n) is 1.52. The van der Waals surface area contributed by atoms with Crippen molar-refractivity contribution >= 4 is 5.91 Å². The van der Waals surface area contributed by atoms with E-state index in [1.165, 1.54) is 0 Å². The van der Waals surface area contributed by atoms with Crippen LogP contribution < -0.4 is 10.1 Å². The lowest BCUT2D eigenvalue weighted by Crippen LogP contribution is -2.28. The second-order valence-corrected chi connectivity index (χ2v) is 4.34. The molecule has 4 nitrogen and oxygen atoms in total. The fourth-order valence-corrected chi connectivity index (χ4v) is 1.52. The van der Waals surface area contributed by atoms with Crippen LogP contribution in [0.15, 0.2) is 24.3 Å². The van der Waals surface area contributed by atoms with Gasteiger partial charge in [-0.15, -0.1) is 6.42 Å². The van der Waals surface area contributed by atoms with Crippen LogP contribution in [-0.4, -0.2) is 30.8 Å². The van der Waals surface area contributed by atoms with Crippen LogP contribution >= 0.6 is 0 Å². The number of carbonyl (C=O) groups excluding carboxylic acids is 1. The fraction of sp³-hybridized carbons (Fsp3) is 0.400. The number of carbonyl (C=O) groups is 1. The van der Waals surface area contributed by atoms with Crippen molar-refractivity contribution in [2.45, 2.75) is 13.3 Å². The van der Waals surface area contributed by atoms with Gasteiger partial charge in [0.25, 0.3) is 5.91 Å². The lowest BCUT2D eigenvalue weighted by atomic mass is 10.1. The average Bonchev–Trinajstić information content (AvgIpc) is 2.43. The number of hydrogen-bond acceptors (Lipinski definition) is 3. The van der Waals surface area contributed by atoms with Crippen molar-refractivity contribution in [1.82, 2.24) is 5.32 Å². The van der Waals surface area contributed by atoms with Crippen LogP contribution in [0.5, 0.6) is 5.75 Å². The summed E-state index contributed by atoms with van der Waals surface area (Å²) in [6, 6.07) is 6.81. The van der Waals surface area contributed by atoms with E-state index in [-0.39, 0.29) is 25.0 Å². The van der Waals surface area contributed by atoms with Crippen LogP contribution in [-0.2, 0) is 0 Å². The van der Waals surface area contributed by atoms with Crippen LogP contribution in [0.25, 0.3) is 0 Å². The third-order valence-corrected chi connectivity index (χ3v) is 2.67. The van der Waals surface area contributed by atoms with Crippen LogP contribution in [0.3, 0.4) is 0 Å². The van der Waals surface area contributed by atoms with E-state index in [4.69, 9.17) is 16.3 Å². The maximum atomic E-state index is 11.8. The lowest BCUT2D eigenvalue weighted by molar-refractivity contribution is 0.0945. The summed E-state index contributed by atoms with van der Waals surface area (Å²) in [5.41, 5.74) is 0.573. The molecule has 1 rings (SSSR count). The maximum Gasteiger partial charge on any atom is 0.251 e. The molecule has 0 saturated carbocycles. The Bertz CT molecular complexity index is 434. The highest BCUT2D eigenvalue weighted by atomic mass is 16.5. The second kappa shape index (κ2) is 8.17. The van der Waals surface area contributed by atoms with Gasteiger partial charge in [-0.3, -0.25) is 4.79 Å². The van der Waals surface area contributed by atoms with Gasteiger partial charge in [0.2, 0.25) is 0 Å². The van der Waals surface area contributed by atoms with Gasteiger partial charge in [0.15, 0.2) is 0 Å². The first-order valence-electron chi connectivity index (χ1n) is 6.22. The Kier molecular flexibility index (Phi) is 6.48. The minimum absolute atomic E-state index is 0.131. The smallest absolute Gasteiger partial charge is 0.251 e. The first-order chi connectivity index (χ1) is 9.17. The van der Waals surface area contributed by atoms with Gasteiger partial charge in [0, 0.05) is 18.7 Å². The van der Waals surface area contributed by atoms with Gasteiger partial charge in [0.1, 0.15) is 12.4 Å². The minimum atomic E-state index is -0.131. The minimum Gasteiger partial charge on any atom is -0.481 e. The molecule has 0 bridgehead atoms. The van der Waals surface area contributed by atoms with Gasteiger partial charge < -0.3 is 15.2 Å². The highest BCUT2D eigenvalue weighted by Crippen LogP contribution is 2.12. The average molecular weight is 261 g/mol. The molecule has 0 heterocycles. The number of rotatable bonds is 7. The van der Waals surface area contributed by atoms with Crippen molar-refractivity contribution < 1.29 is 14.6 Å². The molecule has 0 fully saturated rings.